The van der Waals surface area contributed by atoms with Crippen LogP contribution >= 0.6 is 0 Å². The molecule has 0 bridgehead atoms. The minimum atomic E-state index is -0.811. The van der Waals surface area contributed by atoms with Crippen LogP contribution in [0.1, 0.15) is 66.3 Å². The number of nitrogens with zero attached hydrogens (tertiary/aromatic N) is 2. The van der Waals surface area contributed by atoms with Crippen LogP contribution in [0, 0.1) is 19.3 Å². The highest BCUT2D eigenvalue weighted by molar-refractivity contribution is 5.94. The Balaban J connectivity index is 1.68. The van der Waals surface area contributed by atoms with Gasteiger partial charge < -0.3 is 10.4 Å². The third-order valence-corrected chi connectivity index (χ3v) is 5.77. The molecule has 2 aromatic rings. The van der Waals surface area contributed by atoms with E-state index in [0.29, 0.717) is 17.4 Å². The van der Waals surface area contributed by atoms with Gasteiger partial charge >= 0.3 is 5.97 Å². The molecule has 0 atom stereocenters. The lowest BCUT2D eigenvalue weighted by Crippen LogP contribution is -2.30. The second-order valence-electron chi connectivity index (χ2n) is 7.93. The van der Waals surface area contributed by atoms with Gasteiger partial charge in [0, 0.05) is 24.2 Å². The Morgan fingerprint density at radius 3 is 2.46 bits per heavy atom. The molecule has 1 heterocycles. The number of benzene rings is 1. The first kappa shape index (κ1) is 20.1. The number of rotatable bonds is 9. The minimum absolute atomic E-state index is 0.0376. The molecule has 6 heteroatoms. The van der Waals surface area contributed by atoms with Crippen LogP contribution in [0.4, 0.5) is 0 Å². The van der Waals surface area contributed by atoms with Crippen LogP contribution in [0.15, 0.2) is 24.3 Å². The summed E-state index contributed by atoms with van der Waals surface area (Å²) < 4.78 is 1.81. The van der Waals surface area contributed by atoms with Gasteiger partial charge in [-0.05, 0) is 74.8 Å². The largest absolute Gasteiger partial charge is 0.481 e. The summed E-state index contributed by atoms with van der Waals surface area (Å²) in [5.74, 6) is -0.849. The molecule has 28 heavy (non-hydrogen) atoms. The van der Waals surface area contributed by atoms with Crippen molar-refractivity contribution in [3.05, 3.63) is 46.8 Å². The fraction of sp³-hybridized carbons (Fsp3) is 0.500. The van der Waals surface area contributed by atoms with Crippen LogP contribution < -0.4 is 5.32 Å². The molecular weight excluding hydrogens is 354 g/mol. The number of aliphatic carboxylic acids is 1. The number of amides is 1. The van der Waals surface area contributed by atoms with Crippen molar-refractivity contribution in [3.8, 4) is 5.69 Å². The smallest absolute Gasteiger partial charge is 0.303 e. The van der Waals surface area contributed by atoms with Gasteiger partial charge in [0.05, 0.1) is 11.4 Å². The molecule has 1 amide bonds. The number of aryl methyl sites for hydroxylation is 1. The number of hydrogen-bond acceptors (Lipinski definition) is 3. The Hall–Kier alpha value is -2.63. The first-order chi connectivity index (χ1) is 13.3. The Morgan fingerprint density at radius 2 is 1.89 bits per heavy atom. The van der Waals surface area contributed by atoms with Crippen molar-refractivity contribution >= 4 is 11.9 Å². The van der Waals surface area contributed by atoms with Crippen molar-refractivity contribution in [3.63, 3.8) is 0 Å². The lowest BCUT2D eigenvalue weighted by Gasteiger charge is -2.15. The van der Waals surface area contributed by atoms with Crippen LogP contribution in [0.3, 0.4) is 0 Å². The minimum Gasteiger partial charge on any atom is -0.481 e. The first-order valence-electron chi connectivity index (χ1n) is 10.0. The highest BCUT2D eigenvalue weighted by Crippen LogP contribution is 2.48. The summed E-state index contributed by atoms with van der Waals surface area (Å²) in [6, 6.07) is 7.40. The number of carboxylic acid groups (broad SMARTS) is 1. The standard InChI is InChI=1S/C22H29N3O3/c1-4-11-22(12-13-22)14-23-21(28)17-5-7-18(8-6-17)25-16(3)19(15(2)24-25)9-10-20(26)27/h5-8H,4,9-14H2,1-3H3,(H,23,28)(H,26,27). The summed E-state index contributed by atoms with van der Waals surface area (Å²) in [5.41, 5.74) is 4.58. The van der Waals surface area contributed by atoms with E-state index in [1.54, 1.807) is 0 Å². The van der Waals surface area contributed by atoms with E-state index in [-0.39, 0.29) is 12.3 Å². The van der Waals surface area contributed by atoms with Gasteiger partial charge in [0.15, 0.2) is 0 Å². The predicted octanol–water partition coefficient (Wildman–Crippen LogP) is 3.82. The average Bonchev–Trinajstić information content (AvgIpc) is 3.37. The normalized spacial score (nSPS) is 14.7. The molecule has 1 fully saturated rings. The van der Waals surface area contributed by atoms with E-state index < -0.39 is 5.97 Å². The Labute approximate surface area is 166 Å². The lowest BCUT2D eigenvalue weighted by molar-refractivity contribution is -0.136. The zero-order valence-corrected chi connectivity index (χ0v) is 16.9. The van der Waals surface area contributed by atoms with Crippen LogP contribution in [0.5, 0.6) is 0 Å². The molecule has 0 unspecified atom stereocenters. The molecular formula is C22H29N3O3. The summed E-state index contributed by atoms with van der Waals surface area (Å²) in [6.07, 6.45) is 5.30. The van der Waals surface area contributed by atoms with Gasteiger partial charge in [0.2, 0.25) is 0 Å². The summed E-state index contributed by atoms with van der Waals surface area (Å²) in [5, 5.41) is 16.6. The fourth-order valence-electron chi connectivity index (χ4n) is 3.87. The molecule has 1 aromatic heterocycles. The van der Waals surface area contributed by atoms with Crippen LogP contribution in [0.2, 0.25) is 0 Å². The van der Waals surface area contributed by atoms with Gasteiger partial charge in [0.1, 0.15) is 0 Å². The maximum atomic E-state index is 12.5. The third-order valence-electron chi connectivity index (χ3n) is 5.77. The number of carbonyl (C=O) groups excluding carboxylic acids is 1. The highest BCUT2D eigenvalue weighted by atomic mass is 16.4. The van der Waals surface area contributed by atoms with Crippen LogP contribution in [-0.2, 0) is 11.2 Å². The van der Waals surface area contributed by atoms with Crippen molar-refractivity contribution in [1.29, 1.82) is 0 Å². The second kappa shape index (κ2) is 8.17. The average molecular weight is 383 g/mol. The molecule has 2 N–H and O–H groups in total. The fourth-order valence-corrected chi connectivity index (χ4v) is 3.87. The van der Waals surface area contributed by atoms with Gasteiger partial charge in [-0.15, -0.1) is 0 Å². The topological polar surface area (TPSA) is 84.2 Å². The molecule has 0 spiro atoms. The molecule has 0 saturated heterocycles. The summed E-state index contributed by atoms with van der Waals surface area (Å²) in [7, 11) is 0. The SMILES string of the molecule is CCCC1(CNC(=O)c2ccc(-n3nc(C)c(CCC(=O)O)c3C)cc2)CC1. The molecule has 1 aromatic carbocycles. The van der Waals surface area contributed by atoms with E-state index in [2.05, 4.69) is 17.3 Å². The number of aromatic nitrogens is 2. The molecule has 1 aliphatic carbocycles. The molecule has 1 saturated carbocycles. The molecule has 150 valence electrons. The third kappa shape index (κ3) is 4.43. The summed E-state index contributed by atoms with van der Waals surface area (Å²) in [4.78, 5) is 23.3. The van der Waals surface area contributed by atoms with E-state index in [0.717, 1.165) is 35.6 Å². The predicted molar refractivity (Wildman–Crippen MR) is 108 cm³/mol. The zero-order chi connectivity index (χ0) is 20.3. The summed E-state index contributed by atoms with van der Waals surface area (Å²) >= 11 is 0. The Kier molecular flexibility index (Phi) is 5.87. The van der Waals surface area contributed by atoms with Crippen molar-refractivity contribution in [2.45, 2.75) is 59.3 Å². The molecule has 0 aliphatic heterocycles. The van der Waals surface area contributed by atoms with Gasteiger partial charge in [-0.1, -0.05) is 13.3 Å². The number of hydrogen-bond donors (Lipinski definition) is 2. The maximum absolute atomic E-state index is 12.5. The van der Waals surface area contributed by atoms with Crippen molar-refractivity contribution in [2.24, 2.45) is 5.41 Å². The van der Waals surface area contributed by atoms with E-state index in [1.807, 2.05) is 42.8 Å². The zero-order valence-electron chi connectivity index (χ0n) is 16.9. The number of carboxylic acids is 1. The maximum Gasteiger partial charge on any atom is 0.303 e. The highest BCUT2D eigenvalue weighted by Gasteiger charge is 2.41. The van der Waals surface area contributed by atoms with Gasteiger partial charge in [-0.25, -0.2) is 4.68 Å². The number of nitrogens with one attached hydrogen (secondary N) is 1. The van der Waals surface area contributed by atoms with Crippen LogP contribution in [0.25, 0.3) is 5.69 Å². The monoisotopic (exact) mass is 383 g/mol. The quantitative estimate of drug-likeness (QED) is 0.689. The number of carbonyl (C=O) groups is 2. The van der Waals surface area contributed by atoms with E-state index in [4.69, 9.17) is 5.11 Å². The lowest BCUT2D eigenvalue weighted by atomic mass is 10.0. The summed E-state index contributed by atoms with van der Waals surface area (Å²) in [6.45, 7) is 6.78. The van der Waals surface area contributed by atoms with Crippen molar-refractivity contribution in [2.75, 3.05) is 6.54 Å². The molecule has 6 nitrogen and oxygen atoms in total. The molecule has 0 radical (unpaired) electrons. The Bertz CT molecular complexity index is 864. The van der Waals surface area contributed by atoms with Crippen molar-refractivity contribution in [1.82, 2.24) is 15.1 Å². The van der Waals surface area contributed by atoms with E-state index in [1.165, 1.54) is 19.3 Å². The Morgan fingerprint density at radius 1 is 1.21 bits per heavy atom. The van der Waals surface area contributed by atoms with Crippen LogP contribution in [-0.4, -0.2) is 33.3 Å². The second-order valence-corrected chi connectivity index (χ2v) is 7.93. The van der Waals surface area contributed by atoms with Gasteiger partial charge in [0.25, 0.3) is 5.91 Å². The van der Waals surface area contributed by atoms with Gasteiger partial charge in [-0.2, -0.15) is 5.10 Å². The van der Waals surface area contributed by atoms with E-state index in [9.17, 15) is 9.59 Å². The van der Waals surface area contributed by atoms with Crippen molar-refractivity contribution < 1.29 is 14.7 Å². The molecule has 1 aliphatic rings. The first-order valence-corrected chi connectivity index (χ1v) is 10.0. The van der Waals surface area contributed by atoms with E-state index >= 15 is 0 Å². The van der Waals surface area contributed by atoms with Gasteiger partial charge in [-0.3, -0.25) is 9.59 Å². The molecule has 3 rings (SSSR count).